The Morgan fingerprint density at radius 2 is 1.53 bits per heavy atom. The van der Waals surface area contributed by atoms with E-state index < -0.39 is 27.2 Å². The van der Waals surface area contributed by atoms with Gasteiger partial charge in [0.05, 0.1) is 27.2 Å². The fourth-order valence-corrected chi connectivity index (χ4v) is 4.48. The molecule has 1 aliphatic rings. The summed E-state index contributed by atoms with van der Waals surface area (Å²) in [5.41, 5.74) is 6.21. The fraction of sp³-hybridized carbons (Fsp3) is 0.316. The normalized spacial score (nSPS) is 18.5. The van der Waals surface area contributed by atoms with Crippen LogP contribution in [0.1, 0.15) is 0 Å². The Balaban J connectivity index is 1.74. The van der Waals surface area contributed by atoms with Gasteiger partial charge in [0, 0.05) is 36.1 Å². The van der Waals surface area contributed by atoms with Crippen LogP contribution in [0.2, 0.25) is 0 Å². The van der Waals surface area contributed by atoms with Gasteiger partial charge in [0.15, 0.2) is 5.37 Å². The molecule has 1 heterocycles. The van der Waals surface area contributed by atoms with Gasteiger partial charge in [0.1, 0.15) is 17.2 Å². The van der Waals surface area contributed by atoms with E-state index in [1.54, 1.807) is 42.5 Å². The first-order chi connectivity index (χ1) is 14.4. The highest BCUT2D eigenvalue weighted by molar-refractivity contribution is 7.93. The molecule has 1 amide bonds. The Morgan fingerprint density at radius 3 is 2.10 bits per heavy atom. The number of nitrogens with one attached hydrogen (secondary N) is 4. The zero-order valence-electron chi connectivity index (χ0n) is 16.8. The third kappa shape index (κ3) is 4.93. The van der Waals surface area contributed by atoms with E-state index in [1.165, 1.54) is 21.3 Å². The maximum Gasteiger partial charge on any atom is 0.250 e. The Bertz CT molecular complexity index is 974. The molecule has 1 fully saturated rings. The van der Waals surface area contributed by atoms with Gasteiger partial charge in [-0.3, -0.25) is 14.9 Å². The van der Waals surface area contributed by atoms with Crippen molar-refractivity contribution in [1.29, 1.82) is 0 Å². The topological polar surface area (TPSA) is 127 Å². The van der Waals surface area contributed by atoms with Crippen molar-refractivity contribution >= 4 is 27.3 Å². The molecule has 10 nitrogen and oxygen atoms in total. The van der Waals surface area contributed by atoms with Gasteiger partial charge in [-0.2, -0.15) is 0 Å². The molecule has 0 aromatic heterocycles. The highest BCUT2D eigenvalue weighted by Crippen LogP contribution is 2.27. The lowest BCUT2D eigenvalue weighted by Crippen LogP contribution is -2.45. The second kappa shape index (κ2) is 9.20. The van der Waals surface area contributed by atoms with Crippen molar-refractivity contribution in [2.75, 3.05) is 37.9 Å². The van der Waals surface area contributed by atoms with Crippen LogP contribution in [0.3, 0.4) is 0 Å². The Morgan fingerprint density at radius 1 is 0.933 bits per heavy atom. The first kappa shape index (κ1) is 21.7. The number of carbonyl (C=O) groups is 1. The van der Waals surface area contributed by atoms with Crippen molar-refractivity contribution < 1.29 is 27.4 Å². The van der Waals surface area contributed by atoms with Crippen molar-refractivity contribution in [3.8, 4) is 17.2 Å². The number of benzene rings is 2. The number of anilines is 2. The molecule has 3 rings (SSSR count). The number of methoxy groups -OCH3 is 3. The first-order valence-electron chi connectivity index (χ1n) is 9.04. The maximum absolute atomic E-state index is 12.9. The quantitative estimate of drug-likeness (QED) is 0.485. The molecule has 4 N–H and O–H groups in total. The Kier molecular flexibility index (Phi) is 6.65. The maximum atomic E-state index is 12.9. The molecule has 0 radical (unpaired) electrons. The zero-order chi connectivity index (χ0) is 21.7. The van der Waals surface area contributed by atoms with Crippen molar-refractivity contribution in [2.45, 2.75) is 5.37 Å². The average molecular weight is 436 g/mol. The average Bonchev–Trinajstić information content (AvgIpc) is 3.25. The Labute approximate surface area is 174 Å². The minimum atomic E-state index is -3.92. The lowest BCUT2D eigenvalue weighted by Gasteiger charge is -2.20. The Hall–Kier alpha value is -3.02. The van der Waals surface area contributed by atoms with Crippen LogP contribution in [0.5, 0.6) is 17.2 Å². The molecule has 0 bridgehead atoms. The second-order valence-electron chi connectivity index (χ2n) is 6.52. The number of amides is 1. The monoisotopic (exact) mass is 436 g/mol. The minimum Gasteiger partial charge on any atom is -0.497 e. The van der Waals surface area contributed by atoms with Crippen LogP contribution < -0.4 is 35.1 Å². The lowest BCUT2D eigenvalue weighted by molar-refractivity contribution is -0.119. The number of ether oxygens (including phenoxy) is 3. The molecule has 30 heavy (non-hydrogen) atoms. The van der Waals surface area contributed by atoms with Crippen LogP contribution in [0.4, 0.5) is 11.4 Å². The predicted molar refractivity (Wildman–Crippen MR) is 112 cm³/mol. The van der Waals surface area contributed by atoms with Gasteiger partial charge in [0.25, 0.3) is 10.0 Å². The number of rotatable bonds is 8. The molecule has 0 saturated carbocycles. The standard InChI is InChI=1S/C19H24N4O6S/c1-27-14-6-4-12(5-7-14)23-30(25,26)19-17(11-20-22-19)18(24)21-13-8-15(28-2)10-16(9-13)29-3/h4-10,17,19-20,22-23H,11H2,1-3H3,(H,21,24). The molecular formula is C19H24N4O6S. The van der Waals surface area contributed by atoms with Crippen LogP contribution in [0.25, 0.3) is 0 Å². The van der Waals surface area contributed by atoms with Crippen molar-refractivity contribution in [3.63, 3.8) is 0 Å². The summed E-state index contributed by atoms with van der Waals surface area (Å²) in [6.07, 6.45) is 0. The summed E-state index contributed by atoms with van der Waals surface area (Å²) in [7, 11) is 0.600. The van der Waals surface area contributed by atoms with E-state index in [0.29, 0.717) is 28.6 Å². The van der Waals surface area contributed by atoms with Crippen LogP contribution in [-0.2, 0) is 14.8 Å². The molecule has 1 aliphatic heterocycles. The summed E-state index contributed by atoms with van der Waals surface area (Å²) >= 11 is 0. The number of hydrazine groups is 1. The van der Waals surface area contributed by atoms with Gasteiger partial charge in [-0.05, 0) is 24.3 Å². The van der Waals surface area contributed by atoms with Gasteiger partial charge >= 0.3 is 0 Å². The second-order valence-corrected chi connectivity index (χ2v) is 8.32. The van der Waals surface area contributed by atoms with Crippen molar-refractivity contribution in [1.82, 2.24) is 10.9 Å². The van der Waals surface area contributed by atoms with Gasteiger partial charge in [-0.25, -0.2) is 13.8 Å². The van der Waals surface area contributed by atoms with Crippen LogP contribution in [-0.4, -0.2) is 47.6 Å². The van der Waals surface area contributed by atoms with Crippen molar-refractivity contribution in [2.24, 2.45) is 5.92 Å². The van der Waals surface area contributed by atoms with Crippen LogP contribution in [0.15, 0.2) is 42.5 Å². The lowest BCUT2D eigenvalue weighted by atomic mass is 10.1. The molecular weight excluding hydrogens is 412 g/mol. The number of hydrogen-bond acceptors (Lipinski definition) is 8. The van der Waals surface area contributed by atoms with E-state index in [-0.39, 0.29) is 6.54 Å². The summed E-state index contributed by atoms with van der Waals surface area (Å²) in [6, 6.07) is 11.3. The molecule has 2 unspecified atom stereocenters. The van der Waals surface area contributed by atoms with Gasteiger partial charge in [0.2, 0.25) is 5.91 Å². The van der Waals surface area contributed by atoms with Gasteiger partial charge in [-0.1, -0.05) is 0 Å². The third-order valence-corrected chi connectivity index (χ3v) is 6.21. The molecule has 0 spiro atoms. The molecule has 1 saturated heterocycles. The van der Waals surface area contributed by atoms with Gasteiger partial charge in [-0.15, -0.1) is 0 Å². The van der Waals surface area contributed by atoms with E-state index in [2.05, 4.69) is 20.9 Å². The minimum absolute atomic E-state index is 0.140. The highest BCUT2D eigenvalue weighted by Gasteiger charge is 2.42. The van der Waals surface area contributed by atoms with Crippen molar-refractivity contribution in [3.05, 3.63) is 42.5 Å². The number of carbonyl (C=O) groups excluding carboxylic acids is 1. The van der Waals surface area contributed by atoms with E-state index in [9.17, 15) is 13.2 Å². The largest absolute Gasteiger partial charge is 0.497 e. The number of sulfonamides is 1. The first-order valence-corrected chi connectivity index (χ1v) is 10.6. The van der Waals surface area contributed by atoms with E-state index in [0.717, 1.165) is 0 Å². The molecule has 2 aromatic carbocycles. The van der Waals surface area contributed by atoms with Crippen LogP contribution in [0, 0.1) is 5.92 Å². The SMILES string of the molecule is COc1ccc(NS(=O)(=O)C2NNCC2C(=O)Nc2cc(OC)cc(OC)c2)cc1. The van der Waals surface area contributed by atoms with Gasteiger partial charge < -0.3 is 19.5 Å². The fourth-order valence-electron chi connectivity index (χ4n) is 3.00. The van der Waals surface area contributed by atoms with E-state index in [1.807, 2.05) is 0 Å². The summed E-state index contributed by atoms with van der Waals surface area (Å²) < 4.78 is 43.7. The molecule has 11 heteroatoms. The van der Waals surface area contributed by atoms with Crippen LogP contribution >= 0.6 is 0 Å². The third-order valence-electron chi connectivity index (χ3n) is 4.57. The highest BCUT2D eigenvalue weighted by atomic mass is 32.2. The molecule has 162 valence electrons. The molecule has 2 atom stereocenters. The predicted octanol–water partition coefficient (Wildman–Crippen LogP) is 1.14. The zero-order valence-corrected chi connectivity index (χ0v) is 17.6. The molecule has 0 aliphatic carbocycles. The summed E-state index contributed by atoms with van der Waals surface area (Å²) in [5.74, 6) is 0.255. The summed E-state index contributed by atoms with van der Waals surface area (Å²) in [6.45, 7) is 0.140. The smallest absolute Gasteiger partial charge is 0.250 e. The number of hydrogen-bond donors (Lipinski definition) is 4. The summed E-state index contributed by atoms with van der Waals surface area (Å²) in [4.78, 5) is 12.8. The summed E-state index contributed by atoms with van der Waals surface area (Å²) in [5, 5.41) is 1.55. The van der Waals surface area contributed by atoms with E-state index >= 15 is 0 Å². The molecule has 2 aromatic rings. The van der Waals surface area contributed by atoms with E-state index in [4.69, 9.17) is 14.2 Å².